The quantitative estimate of drug-likeness (QED) is 0.0304. The fraction of sp³-hybridized carbons (Fsp3) is 0.438. The van der Waals surface area contributed by atoms with E-state index in [1.54, 1.807) is 119 Å². The molecule has 10 rings (SSSR count). The molecule has 13 atom stereocenters. The first-order chi connectivity index (χ1) is 64.9. The Balaban J connectivity index is 1.06. The van der Waals surface area contributed by atoms with Crippen LogP contribution < -0.4 is 53.6 Å². The molecule has 3 saturated heterocycles. The number of H-pyrrole nitrogens is 1. The monoisotopic (exact) mass is 1920 g/mol. The molecule has 3 aliphatic heterocycles. The van der Waals surface area contributed by atoms with Crippen LogP contribution in [0.2, 0.25) is 0 Å². The van der Waals surface area contributed by atoms with Crippen molar-refractivity contribution in [3.8, 4) is 11.5 Å². The van der Waals surface area contributed by atoms with Gasteiger partial charge in [-0.15, -0.1) is 23.5 Å². The third-order valence-corrected chi connectivity index (χ3v) is 26.0. The maximum atomic E-state index is 15.8. The Hall–Kier alpha value is -13.5. The number of phenols is 2. The molecule has 0 aliphatic carbocycles. The number of amides is 15. The van der Waals surface area contributed by atoms with Crippen molar-refractivity contribution in [2.45, 2.75) is 190 Å². The number of thioether (sulfide) groups is 2. The van der Waals surface area contributed by atoms with Gasteiger partial charge in [-0.1, -0.05) is 151 Å². The van der Waals surface area contributed by atoms with Crippen molar-refractivity contribution in [1.29, 1.82) is 0 Å². The van der Waals surface area contributed by atoms with Gasteiger partial charge in [0, 0.05) is 94.8 Å². The van der Waals surface area contributed by atoms with E-state index in [0.29, 0.717) is 75.5 Å². The number of aromatic hydroxyl groups is 2. The second kappa shape index (κ2) is 49.6. The van der Waals surface area contributed by atoms with Crippen molar-refractivity contribution < 1.29 is 105 Å². The minimum Gasteiger partial charge on any atom is -0.508 e. The van der Waals surface area contributed by atoms with Crippen molar-refractivity contribution in [3.63, 3.8) is 0 Å². The molecule has 6 aromatic carbocycles. The third kappa shape index (κ3) is 28.5. The molecule has 3 aliphatic rings. The molecule has 4 heterocycles. The summed E-state index contributed by atoms with van der Waals surface area (Å²) in [6.07, 6.45) is 0.319. The van der Waals surface area contributed by atoms with E-state index in [0.717, 1.165) is 26.5 Å². The number of nitrogens with two attached hydrogens (primary N) is 1. The average Bonchev–Trinajstić information content (AvgIpc) is 1.54. The van der Waals surface area contributed by atoms with E-state index in [1.165, 1.54) is 79.5 Å². The van der Waals surface area contributed by atoms with Gasteiger partial charge in [-0.25, -0.2) is 13.2 Å². The van der Waals surface area contributed by atoms with E-state index in [1.807, 2.05) is 6.92 Å². The Morgan fingerprint density at radius 2 is 1.04 bits per heavy atom. The summed E-state index contributed by atoms with van der Waals surface area (Å²) in [7, 11) is 3.82. The molecule has 0 saturated carbocycles. The average molecular weight is 1920 g/mol. The number of carbonyl (C=O) groups is 16. The van der Waals surface area contributed by atoms with E-state index in [4.69, 9.17) is 10.5 Å². The van der Waals surface area contributed by atoms with Gasteiger partial charge in [-0.3, -0.25) is 76.7 Å². The van der Waals surface area contributed by atoms with Crippen LogP contribution in [0.5, 0.6) is 11.5 Å². The molecular formula is C96H117F3N16O19S2. The van der Waals surface area contributed by atoms with Gasteiger partial charge in [0.1, 0.15) is 96.6 Å². The van der Waals surface area contributed by atoms with Crippen LogP contribution in [0.3, 0.4) is 0 Å². The Kier molecular flexibility index (Phi) is 38.2. The smallest absolute Gasteiger partial charge is 0.293 e. The number of aromatic nitrogens is 1. The summed E-state index contributed by atoms with van der Waals surface area (Å²) in [6, 6.07) is 15.9. The number of likely N-dealkylation sites (N-methyl/N-ethyl adjacent to an activating group) is 3. The van der Waals surface area contributed by atoms with E-state index in [2.05, 4.69) is 52.8 Å². The van der Waals surface area contributed by atoms with Crippen LogP contribution in [0.25, 0.3) is 10.9 Å². The van der Waals surface area contributed by atoms with Crippen LogP contribution in [-0.4, -0.2) is 277 Å². The number of primary amides is 1. The van der Waals surface area contributed by atoms with Crippen LogP contribution in [0, 0.1) is 29.3 Å². The second-order valence-electron chi connectivity index (χ2n) is 34.8. The SMILES string of the molecule is CCCC[C@H]1C(=O)N2CSC[C@@H]2C(=O)N[C@@H](COC=O)C(=O)N[C@@H](C(C)C)C(=O)N(C)[C@@H](Cc2ccccc2)C(=O)N[C@@H](Cc2ccc(O)cc2)C(=O)N2CCC[C@@H]2C(=O)N[C@@H](Cc2c[nH]c3ccccc23)C(=O)N[C@@H](Cc2ccc(O)cc2)C(=O)N[C@@H](CC(C)C)C(=O)N[C@H](C(=O)NCC(N)=O)CSCC(=O)N[C@@H](Cc2cc(F)c(F)c(F)c2)C(=O)N(C)[C@@H](Cc2ccccc2)C(=O)N1C. The number of aromatic amines is 1. The maximum Gasteiger partial charge on any atom is 0.293 e. The predicted molar refractivity (Wildman–Crippen MR) is 499 cm³/mol. The zero-order valence-electron chi connectivity index (χ0n) is 76.7. The van der Waals surface area contributed by atoms with E-state index in [-0.39, 0.29) is 99.5 Å². The first-order valence-electron chi connectivity index (χ1n) is 44.8. The number of nitrogens with one attached hydrogen (secondary N) is 10. The molecule has 1 aromatic heterocycles. The molecule has 14 N–H and O–H groups in total. The zero-order chi connectivity index (χ0) is 98.7. The summed E-state index contributed by atoms with van der Waals surface area (Å²) < 4.78 is 50.3. The number of rotatable bonds is 24. The minimum atomic E-state index is -1.86. The fourth-order valence-corrected chi connectivity index (χ4v) is 18.5. The molecule has 0 unspecified atom stereocenters. The van der Waals surface area contributed by atoms with Gasteiger partial charge >= 0.3 is 0 Å². The van der Waals surface area contributed by atoms with E-state index < -0.39 is 228 Å². The first-order valence-corrected chi connectivity index (χ1v) is 47.1. The van der Waals surface area contributed by atoms with Crippen molar-refractivity contribution in [2.24, 2.45) is 17.6 Å². The number of fused-ring (bicyclic) bond motifs is 3. The van der Waals surface area contributed by atoms with Gasteiger partial charge in [0.05, 0.1) is 18.2 Å². The number of benzene rings is 6. The number of ether oxygens (including phenoxy) is 1. The van der Waals surface area contributed by atoms with Crippen LogP contribution in [0.4, 0.5) is 13.2 Å². The molecule has 40 heteroatoms. The molecule has 0 bridgehead atoms. The highest BCUT2D eigenvalue weighted by atomic mass is 32.2. The molecule has 0 spiro atoms. The minimum absolute atomic E-state index is 0.0113. The summed E-state index contributed by atoms with van der Waals surface area (Å²) in [4.78, 5) is 247. The predicted octanol–water partition coefficient (Wildman–Crippen LogP) is 3.42. The number of hydrogen-bond acceptors (Lipinski definition) is 21. The summed E-state index contributed by atoms with van der Waals surface area (Å²) in [5.74, 6) is -22.2. The van der Waals surface area contributed by atoms with Crippen LogP contribution >= 0.6 is 23.5 Å². The van der Waals surface area contributed by atoms with Gasteiger partial charge in [-0.2, -0.15) is 0 Å². The number of phenolic OH excluding ortho intramolecular Hbond substituents is 2. The molecule has 136 heavy (non-hydrogen) atoms. The number of carbonyl (C=O) groups excluding carboxylic acids is 16. The van der Waals surface area contributed by atoms with Gasteiger partial charge in [0.25, 0.3) is 6.47 Å². The number of hydrogen-bond donors (Lipinski definition) is 13. The third-order valence-electron chi connectivity index (χ3n) is 24.0. The lowest BCUT2D eigenvalue weighted by atomic mass is 9.98. The van der Waals surface area contributed by atoms with Gasteiger partial charge in [0.2, 0.25) is 88.6 Å². The van der Waals surface area contributed by atoms with Crippen LogP contribution in [0.1, 0.15) is 107 Å². The first kappa shape index (κ1) is 105. The molecule has 728 valence electrons. The standard InChI is InChI=1S/C96H117F3N16O19S2/c1-9-10-26-76-95(132)115-52-136-50-79(115)91(128)108-73(48-134-53-116)88(125)110-83(55(4)5)96(133)112(7)77(43-56-20-13-11-14-21-56)90(127)107-72(41-59-30-34-63(118)35-31-59)93(130)114-36-19-27-75(114)89(126)106-70(45-61-46-101-67-25-18-17-24-64(61)67)87(124)105-69(40-58-28-32-62(117)33-29-58)86(123)104-68(37-54(2)3)85(122)109-74(84(121)102-47-80(100)119)49-135-51-81(120)103-71(42-60-38-65(97)82(99)66(98)39-60)92(129)113(8)78(94(131)111(76)6)44-57-22-15-12-16-23-57/h11-18,20-25,28-35,38-39,46,53-55,68-79,83,101,117-118H,9-10,19,26-27,36-37,40-45,47-52H2,1-8H3,(H2,100,119)(H,102,121)(H,103,120)(H,104,123)(H,105,124)(H,106,126)(H,107,127)(H,108,128)(H,109,122)(H,110,125)/t68-,69-,70-,71-,72-,73-,74-,75+,76-,77-,78-,79+,83-/m0/s1. The lowest BCUT2D eigenvalue weighted by Crippen LogP contribution is -2.62. The van der Waals surface area contributed by atoms with Crippen LogP contribution in [0.15, 0.2) is 152 Å². The highest BCUT2D eigenvalue weighted by molar-refractivity contribution is 8.00. The van der Waals surface area contributed by atoms with Crippen molar-refractivity contribution in [3.05, 3.63) is 203 Å². The van der Waals surface area contributed by atoms with Gasteiger partial charge < -0.3 is 98.0 Å². The summed E-state index contributed by atoms with van der Waals surface area (Å²) in [5, 5.41) is 45.6. The normalized spacial score (nSPS) is 23.3. The molecule has 35 nitrogen and oxygen atoms in total. The number of halogens is 3. The molecule has 0 radical (unpaired) electrons. The van der Waals surface area contributed by atoms with E-state index >= 15 is 56.7 Å². The Morgan fingerprint density at radius 3 is 1.64 bits per heavy atom. The van der Waals surface area contributed by atoms with Crippen molar-refractivity contribution in [2.75, 3.05) is 64.0 Å². The second-order valence-corrected chi connectivity index (χ2v) is 36.8. The van der Waals surface area contributed by atoms with Gasteiger partial charge in [-0.05, 0) is 113 Å². The molecular weight excluding hydrogens is 1800 g/mol. The Labute approximate surface area is 793 Å². The van der Waals surface area contributed by atoms with Crippen molar-refractivity contribution >= 4 is 130 Å². The van der Waals surface area contributed by atoms with Gasteiger partial charge in [0.15, 0.2) is 17.5 Å². The number of unbranched alkanes of at least 4 members (excludes halogenated alkanes) is 1. The summed E-state index contributed by atoms with van der Waals surface area (Å²) in [6.45, 7) is 6.77. The lowest BCUT2D eigenvalue weighted by Gasteiger charge is -2.37. The van der Waals surface area contributed by atoms with E-state index in [9.17, 15) is 43.4 Å². The lowest BCUT2D eigenvalue weighted by molar-refractivity contribution is -0.152. The number of nitrogens with zero attached hydrogens (tertiary/aromatic N) is 5. The Morgan fingerprint density at radius 1 is 0.522 bits per heavy atom. The Bertz CT molecular complexity index is 5410. The maximum absolute atomic E-state index is 15.8. The topological polar surface area (TPSA) is 489 Å². The largest absolute Gasteiger partial charge is 0.508 e. The molecule has 7 aromatic rings. The summed E-state index contributed by atoms with van der Waals surface area (Å²) >= 11 is 1.82. The number of para-hydroxylation sites is 1. The molecule has 15 amide bonds. The summed E-state index contributed by atoms with van der Waals surface area (Å²) in [5.41, 5.74) is 8.03. The fourth-order valence-electron chi connectivity index (χ4n) is 16.5. The van der Waals surface area contributed by atoms with Crippen molar-refractivity contribution in [1.82, 2.24) is 77.3 Å². The highest BCUT2D eigenvalue weighted by Gasteiger charge is 2.47. The van der Waals surface area contributed by atoms with Crippen LogP contribution in [-0.2, 0) is 120 Å². The molecule has 3 fully saturated rings. The highest BCUT2D eigenvalue weighted by Crippen LogP contribution is 2.30. The zero-order valence-corrected chi connectivity index (χ0v) is 78.3.